The van der Waals surface area contributed by atoms with Crippen molar-refractivity contribution < 1.29 is 18.7 Å². The number of hydrogen-bond donors (Lipinski definition) is 1. The third-order valence-corrected chi connectivity index (χ3v) is 3.85. The molecule has 1 heterocycles. The lowest BCUT2D eigenvalue weighted by atomic mass is 10.1. The number of nitrogens with one attached hydrogen (secondary N) is 1. The lowest BCUT2D eigenvalue weighted by Crippen LogP contribution is -2.25. The van der Waals surface area contributed by atoms with Crippen LogP contribution in [0.4, 0.5) is 5.69 Å². The number of ether oxygens (including phenoxy) is 1. The molecule has 0 aliphatic carbocycles. The highest BCUT2D eigenvalue weighted by atomic mass is 35.5. The van der Waals surface area contributed by atoms with Crippen LogP contribution >= 0.6 is 23.2 Å². The Labute approximate surface area is 159 Å². The first-order valence-electron chi connectivity index (χ1n) is 7.59. The minimum absolute atomic E-state index is 0.00420. The molecule has 1 aromatic heterocycles. The van der Waals surface area contributed by atoms with E-state index in [0.717, 1.165) is 0 Å². The normalized spacial score (nSPS) is 11.6. The van der Waals surface area contributed by atoms with Crippen LogP contribution in [-0.4, -0.2) is 11.9 Å². The van der Waals surface area contributed by atoms with Crippen molar-refractivity contribution in [3.05, 3.63) is 88.3 Å². The fraction of sp³-hybridized carbons (Fsp3) is 0.0526. The zero-order valence-electron chi connectivity index (χ0n) is 13.3. The molecule has 26 heavy (non-hydrogen) atoms. The van der Waals surface area contributed by atoms with Crippen LogP contribution in [0.2, 0.25) is 10.0 Å². The second-order valence-electron chi connectivity index (χ2n) is 5.32. The van der Waals surface area contributed by atoms with E-state index in [4.69, 9.17) is 32.4 Å². The van der Waals surface area contributed by atoms with Crippen LogP contribution in [0.15, 0.2) is 71.3 Å². The van der Waals surface area contributed by atoms with Crippen LogP contribution in [0.3, 0.4) is 0 Å². The van der Waals surface area contributed by atoms with Gasteiger partial charge in [0.25, 0.3) is 5.91 Å². The molecule has 2 aromatic carbocycles. The van der Waals surface area contributed by atoms with Crippen LogP contribution in [0.25, 0.3) is 0 Å². The average molecular weight is 390 g/mol. The van der Waals surface area contributed by atoms with Crippen molar-refractivity contribution in [1.29, 1.82) is 0 Å². The molecule has 0 spiro atoms. The third-order valence-electron chi connectivity index (χ3n) is 3.42. The molecule has 0 saturated heterocycles. The van der Waals surface area contributed by atoms with Gasteiger partial charge in [-0.05, 0) is 30.3 Å². The molecular weight excluding hydrogens is 377 g/mol. The predicted molar refractivity (Wildman–Crippen MR) is 98.4 cm³/mol. The molecule has 0 aliphatic rings. The van der Waals surface area contributed by atoms with Crippen LogP contribution < -0.4 is 5.32 Å². The van der Waals surface area contributed by atoms with Crippen molar-refractivity contribution in [1.82, 2.24) is 0 Å². The minimum Gasteiger partial charge on any atom is -0.457 e. The van der Waals surface area contributed by atoms with Gasteiger partial charge in [-0.1, -0.05) is 53.5 Å². The Hall–Kier alpha value is -2.76. The summed E-state index contributed by atoms with van der Waals surface area (Å²) in [4.78, 5) is 25.0. The molecular formula is C19H13Cl2NO4. The molecule has 5 nitrogen and oxygen atoms in total. The van der Waals surface area contributed by atoms with E-state index < -0.39 is 18.0 Å². The predicted octanol–water partition coefficient (Wildman–Crippen LogP) is 5.12. The number of amides is 1. The first-order chi connectivity index (χ1) is 12.5. The highest BCUT2D eigenvalue weighted by Crippen LogP contribution is 2.25. The SMILES string of the molecule is O=C(O[C@@H](C(=O)Nc1cc(Cl)cc(Cl)c1)c1ccccc1)c1ccco1. The van der Waals surface area contributed by atoms with Gasteiger partial charge in [-0.15, -0.1) is 0 Å². The number of esters is 1. The molecule has 1 atom stereocenters. The number of carbonyl (C=O) groups excluding carboxylic acids is 2. The molecule has 0 saturated carbocycles. The van der Waals surface area contributed by atoms with Gasteiger partial charge in [0.2, 0.25) is 11.9 Å². The number of rotatable bonds is 5. The molecule has 132 valence electrons. The molecule has 3 rings (SSSR count). The number of anilines is 1. The largest absolute Gasteiger partial charge is 0.457 e. The second kappa shape index (κ2) is 8.08. The molecule has 0 unspecified atom stereocenters. The van der Waals surface area contributed by atoms with Gasteiger partial charge < -0.3 is 14.5 Å². The van der Waals surface area contributed by atoms with Crippen LogP contribution in [-0.2, 0) is 9.53 Å². The third kappa shape index (κ3) is 4.45. The Morgan fingerprint density at radius 1 is 0.962 bits per heavy atom. The van der Waals surface area contributed by atoms with Gasteiger partial charge in [0.1, 0.15) is 0 Å². The first-order valence-corrected chi connectivity index (χ1v) is 8.35. The number of hydrogen-bond acceptors (Lipinski definition) is 4. The number of furan rings is 1. The molecule has 0 bridgehead atoms. The molecule has 0 radical (unpaired) electrons. The Morgan fingerprint density at radius 2 is 1.65 bits per heavy atom. The average Bonchev–Trinajstić information content (AvgIpc) is 3.14. The maximum absolute atomic E-state index is 12.7. The van der Waals surface area contributed by atoms with E-state index in [0.29, 0.717) is 21.3 Å². The minimum atomic E-state index is -1.17. The molecule has 1 amide bonds. The van der Waals surface area contributed by atoms with Gasteiger partial charge >= 0.3 is 5.97 Å². The van der Waals surface area contributed by atoms with Crippen molar-refractivity contribution in [3.63, 3.8) is 0 Å². The summed E-state index contributed by atoms with van der Waals surface area (Å²) in [6.07, 6.45) is 0.175. The van der Waals surface area contributed by atoms with Crippen LogP contribution in [0.5, 0.6) is 0 Å². The standard InChI is InChI=1S/C19H13Cl2NO4/c20-13-9-14(21)11-15(10-13)22-18(23)17(12-5-2-1-3-6-12)26-19(24)16-7-4-8-25-16/h1-11,17H,(H,22,23)/t17-/m1/s1. The van der Waals surface area contributed by atoms with Gasteiger partial charge in [-0.2, -0.15) is 0 Å². The highest BCUT2D eigenvalue weighted by Gasteiger charge is 2.27. The fourth-order valence-corrected chi connectivity index (χ4v) is 2.82. The van der Waals surface area contributed by atoms with E-state index in [1.165, 1.54) is 12.3 Å². The summed E-state index contributed by atoms with van der Waals surface area (Å²) in [5.41, 5.74) is 0.903. The van der Waals surface area contributed by atoms with E-state index >= 15 is 0 Å². The summed E-state index contributed by atoms with van der Waals surface area (Å²) in [6, 6.07) is 16.3. The molecule has 0 aliphatic heterocycles. The van der Waals surface area contributed by atoms with Crippen LogP contribution in [0, 0.1) is 0 Å². The van der Waals surface area contributed by atoms with Crippen LogP contribution in [0.1, 0.15) is 22.2 Å². The monoisotopic (exact) mass is 389 g/mol. The first kappa shape index (κ1) is 18.0. The summed E-state index contributed by atoms with van der Waals surface area (Å²) < 4.78 is 10.4. The number of carbonyl (C=O) groups is 2. The van der Waals surface area contributed by atoms with E-state index in [2.05, 4.69) is 5.32 Å². The van der Waals surface area contributed by atoms with Crippen molar-refractivity contribution >= 4 is 40.8 Å². The lowest BCUT2D eigenvalue weighted by molar-refractivity contribution is -0.125. The van der Waals surface area contributed by atoms with Crippen molar-refractivity contribution in [3.8, 4) is 0 Å². The van der Waals surface area contributed by atoms with Gasteiger partial charge in [0.05, 0.1) is 6.26 Å². The molecule has 7 heteroatoms. The quantitative estimate of drug-likeness (QED) is 0.614. The molecule has 1 N–H and O–H groups in total. The summed E-state index contributed by atoms with van der Waals surface area (Å²) in [5.74, 6) is -1.29. The van der Waals surface area contributed by atoms with Gasteiger partial charge in [0.15, 0.2) is 0 Å². The smallest absolute Gasteiger partial charge is 0.375 e. The van der Waals surface area contributed by atoms with E-state index in [1.54, 1.807) is 54.6 Å². The highest BCUT2D eigenvalue weighted by molar-refractivity contribution is 6.35. The van der Waals surface area contributed by atoms with Gasteiger partial charge in [-0.3, -0.25) is 4.79 Å². The number of halogens is 2. The Balaban J connectivity index is 1.85. The Kier molecular flexibility index (Phi) is 5.61. The molecule has 0 fully saturated rings. The topological polar surface area (TPSA) is 68.5 Å². The zero-order valence-corrected chi connectivity index (χ0v) is 14.8. The maximum atomic E-state index is 12.7. The molecule has 3 aromatic rings. The summed E-state index contributed by atoms with van der Waals surface area (Å²) in [6.45, 7) is 0. The second-order valence-corrected chi connectivity index (χ2v) is 6.19. The van der Waals surface area contributed by atoms with Gasteiger partial charge in [-0.25, -0.2) is 4.79 Å². The van der Waals surface area contributed by atoms with Crippen molar-refractivity contribution in [2.75, 3.05) is 5.32 Å². The van der Waals surface area contributed by atoms with Crippen molar-refractivity contribution in [2.24, 2.45) is 0 Å². The fourth-order valence-electron chi connectivity index (χ4n) is 2.29. The zero-order chi connectivity index (χ0) is 18.5. The summed E-state index contributed by atoms with van der Waals surface area (Å²) in [5, 5.41) is 3.40. The maximum Gasteiger partial charge on any atom is 0.375 e. The van der Waals surface area contributed by atoms with E-state index in [1.807, 2.05) is 0 Å². The Morgan fingerprint density at radius 3 is 2.27 bits per heavy atom. The van der Waals surface area contributed by atoms with Crippen molar-refractivity contribution in [2.45, 2.75) is 6.10 Å². The summed E-state index contributed by atoms with van der Waals surface area (Å²) >= 11 is 11.9. The summed E-state index contributed by atoms with van der Waals surface area (Å²) in [7, 11) is 0. The van der Waals surface area contributed by atoms with E-state index in [9.17, 15) is 9.59 Å². The van der Waals surface area contributed by atoms with Gasteiger partial charge in [0, 0.05) is 21.3 Å². The lowest BCUT2D eigenvalue weighted by Gasteiger charge is -2.17. The van der Waals surface area contributed by atoms with E-state index in [-0.39, 0.29) is 5.76 Å². The Bertz CT molecular complexity index is 890. The number of benzene rings is 2.